The van der Waals surface area contributed by atoms with E-state index >= 15 is 0 Å². The van der Waals surface area contributed by atoms with Crippen LogP contribution in [-0.4, -0.2) is 75.4 Å². The van der Waals surface area contributed by atoms with Gasteiger partial charge in [0.05, 0.1) is 35.6 Å². The quantitative estimate of drug-likeness (QED) is 0.479. The van der Waals surface area contributed by atoms with E-state index in [1.54, 1.807) is 38.1 Å². The highest BCUT2D eigenvalue weighted by atomic mass is 32.2. The van der Waals surface area contributed by atoms with Crippen molar-refractivity contribution in [2.75, 3.05) is 55.4 Å². The van der Waals surface area contributed by atoms with E-state index in [1.807, 2.05) is 0 Å². The maximum Gasteiger partial charge on any atom is 0.247 e. The number of nitrogens with zero attached hydrogens (tertiary/aromatic N) is 2. The van der Waals surface area contributed by atoms with E-state index in [1.165, 1.54) is 4.31 Å². The van der Waals surface area contributed by atoms with E-state index in [4.69, 9.17) is 14.0 Å². The minimum absolute atomic E-state index is 0.0979. The van der Waals surface area contributed by atoms with Crippen molar-refractivity contribution in [3.05, 3.63) is 30.0 Å². The molecule has 2 aromatic rings. The lowest BCUT2D eigenvalue weighted by Crippen LogP contribution is -2.40. The van der Waals surface area contributed by atoms with E-state index in [2.05, 4.69) is 21.1 Å². The van der Waals surface area contributed by atoms with Crippen LogP contribution in [0, 0.1) is 6.92 Å². The Morgan fingerprint density at radius 1 is 1.21 bits per heavy atom. The Morgan fingerprint density at radius 2 is 2.00 bits per heavy atom. The van der Waals surface area contributed by atoms with Gasteiger partial charge in [-0.1, -0.05) is 5.16 Å². The normalized spacial score (nSPS) is 20.1. The van der Waals surface area contributed by atoms with Crippen LogP contribution in [0.3, 0.4) is 0 Å². The molecule has 0 unspecified atom stereocenters. The fourth-order valence-corrected chi connectivity index (χ4v) is 5.32. The van der Waals surface area contributed by atoms with Gasteiger partial charge in [-0.15, -0.1) is 0 Å². The molecule has 3 heterocycles. The number of benzene rings is 1. The van der Waals surface area contributed by atoms with Gasteiger partial charge in [-0.25, -0.2) is 8.42 Å². The number of aromatic nitrogens is 1. The van der Waals surface area contributed by atoms with Crippen molar-refractivity contribution in [3.63, 3.8) is 0 Å². The van der Waals surface area contributed by atoms with Gasteiger partial charge >= 0.3 is 0 Å². The van der Waals surface area contributed by atoms with Crippen LogP contribution < -0.4 is 16.0 Å². The molecule has 3 N–H and O–H groups in total. The summed E-state index contributed by atoms with van der Waals surface area (Å²) in [7, 11) is -3.70. The van der Waals surface area contributed by atoms with Gasteiger partial charge in [-0.3, -0.25) is 4.79 Å². The molecular formula is C22H31N5O6S. The summed E-state index contributed by atoms with van der Waals surface area (Å²) in [5.41, 5.74) is 1.19. The van der Waals surface area contributed by atoms with Gasteiger partial charge in [-0.05, 0) is 44.9 Å². The highest BCUT2D eigenvalue weighted by molar-refractivity contribution is 7.89. The fraction of sp³-hybridized carbons (Fsp3) is 0.545. The van der Waals surface area contributed by atoms with Crippen LogP contribution in [0.1, 0.15) is 25.5 Å². The molecule has 0 bridgehead atoms. The number of amides is 1. The predicted molar refractivity (Wildman–Crippen MR) is 126 cm³/mol. The number of nitrogens with one attached hydrogen (secondary N) is 3. The zero-order valence-electron chi connectivity index (χ0n) is 19.4. The average Bonchev–Trinajstić information content (AvgIpc) is 3.50. The lowest BCUT2D eigenvalue weighted by molar-refractivity contribution is -0.116. The van der Waals surface area contributed by atoms with Crippen molar-refractivity contribution in [2.24, 2.45) is 0 Å². The van der Waals surface area contributed by atoms with Crippen molar-refractivity contribution in [1.82, 2.24) is 9.46 Å². The van der Waals surface area contributed by atoms with Gasteiger partial charge in [0.1, 0.15) is 11.8 Å². The number of ether oxygens (including phenoxy) is 2. The van der Waals surface area contributed by atoms with Crippen LogP contribution in [-0.2, 0) is 24.3 Å². The van der Waals surface area contributed by atoms with Crippen molar-refractivity contribution < 1.29 is 27.2 Å². The molecule has 2 saturated heterocycles. The molecule has 0 aliphatic carbocycles. The Hall–Kier alpha value is -2.67. The zero-order valence-corrected chi connectivity index (χ0v) is 20.2. The molecule has 2 aliphatic heterocycles. The molecule has 186 valence electrons. The van der Waals surface area contributed by atoms with E-state index in [0.717, 1.165) is 19.4 Å². The first-order valence-electron chi connectivity index (χ1n) is 11.4. The molecule has 1 aromatic carbocycles. The first-order chi connectivity index (χ1) is 16.3. The summed E-state index contributed by atoms with van der Waals surface area (Å²) in [6.45, 7) is 6.09. The Labute approximate surface area is 199 Å². The Balaban J connectivity index is 1.54. The summed E-state index contributed by atoms with van der Waals surface area (Å²) in [5.74, 6) is 0.564. The molecule has 2 atom stereocenters. The van der Waals surface area contributed by atoms with Crippen molar-refractivity contribution >= 4 is 33.1 Å². The van der Waals surface area contributed by atoms with Crippen LogP contribution >= 0.6 is 0 Å². The number of aryl methyl sites for hydroxylation is 1. The van der Waals surface area contributed by atoms with Gasteiger partial charge in [0, 0.05) is 32.3 Å². The highest BCUT2D eigenvalue weighted by Gasteiger charge is 2.28. The number of sulfonamides is 1. The second-order valence-electron chi connectivity index (χ2n) is 8.42. The molecule has 2 aliphatic rings. The number of anilines is 3. The van der Waals surface area contributed by atoms with Crippen molar-refractivity contribution in [2.45, 2.75) is 43.7 Å². The maximum atomic E-state index is 13.2. The van der Waals surface area contributed by atoms with Crippen LogP contribution in [0.2, 0.25) is 0 Å². The minimum Gasteiger partial charge on any atom is -0.381 e. The SMILES string of the molecule is Cc1cc(NC(=O)[C@@H](C)Nc2cc(S(=O)(=O)N3CCOCC3)ccc2NC[C@@H]2CCCO2)no1. The lowest BCUT2D eigenvalue weighted by atomic mass is 10.2. The summed E-state index contributed by atoms with van der Waals surface area (Å²) < 4.78 is 43.7. The third-order valence-electron chi connectivity index (χ3n) is 5.79. The molecule has 34 heavy (non-hydrogen) atoms. The number of hydrogen-bond donors (Lipinski definition) is 3. The molecule has 12 heteroatoms. The largest absolute Gasteiger partial charge is 0.381 e. The summed E-state index contributed by atoms with van der Waals surface area (Å²) in [6, 6.07) is 5.80. The number of carbonyl (C=O) groups is 1. The second-order valence-corrected chi connectivity index (χ2v) is 10.4. The molecule has 11 nitrogen and oxygen atoms in total. The Bertz CT molecular complexity index is 1090. The van der Waals surface area contributed by atoms with Gasteiger partial charge in [0.2, 0.25) is 15.9 Å². The molecule has 1 aromatic heterocycles. The monoisotopic (exact) mass is 493 g/mol. The third-order valence-corrected chi connectivity index (χ3v) is 7.68. The first-order valence-corrected chi connectivity index (χ1v) is 12.8. The van der Waals surface area contributed by atoms with Gasteiger partial charge < -0.3 is 29.9 Å². The second kappa shape index (κ2) is 10.7. The summed E-state index contributed by atoms with van der Waals surface area (Å²) in [5, 5.41) is 12.9. The Kier molecular flexibility index (Phi) is 7.71. The van der Waals surface area contributed by atoms with E-state index < -0.39 is 16.1 Å². The number of morpholine rings is 1. The van der Waals surface area contributed by atoms with Gasteiger partial charge in [-0.2, -0.15) is 4.31 Å². The standard InChI is InChI=1S/C22H31N5O6S/c1-15-12-21(26-33-15)25-22(28)16(2)24-20-13-18(34(29,30)27-7-10-31-11-8-27)5-6-19(20)23-14-17-4-3-9-32-17/h5-6,12-13,16-17,23-24H,3-4,7-11,14H2,1-2H3,(H,25,26,28)/t16-,17+/m1/s1. The topological polar surface area (TPSA) is 135 Å². The third kappa shape index (κ3) is 5.87. The van der Waals surface area contributed by atoms with Crippen LogP contribution in [0.5, 0.6) is 0 Å². The van der Waals surface area contributed by atoms with Crippen LogP contribution in [0.4, 0.5) is 17.2 Å². The lowest BCUT2D eigenvalue weighted by Gasteiger charge is -2.27. The average molecular weight is 494 g/mol. The van der Waals surface area contributed by atoms with Gasteiger partial charge in [0.15, 0.2) is 5.82 Å². The summed E-state index contributed by atoms with van der Waals surface area (Å²) in [6.07, 6.45) is 2.09. The van der Waals surface area contributed by atoms with Crippen molar-refractivity contribution in [1.29, 1.82) is 0 Å². The molecule has 2 fully saturated rings. The molecular weight excluding hydrogens is 462 g/mol. The molecule has 1 amide bonds. The molecule has 0 radical (unpaired) electrons. The van der Waals surface area contributed by atoms with E-state index in [9.17, 15) is 13.2 Å². The maximum absolute atomic E-state index is 13.2. The van der Waals surface area contributed by atoms with E-state index in [-0.39, 0.29) is 16.9 Å². The van der Waals surface area contributed by atoms with E-state index in [0.29, 0.717) is 55.8 Å². The smallest absolute Gasteiger partial charge is 0.247 e. The van der Waals surface area contributed by atoms with Crippen LogP contribution in [0.25, 0.3) is 0 Å². The predicted octanol–water partition coefficient (Wildman–Crippen LogP) is 2.03. The molecule has 0 spiro atoms. The number of hydrogen-bond acceptors (Lipinski definition) is 9. The molecule has 0 saturated carbocycles. The van der Waals surface area contributed by atoms with Crippen LogP contribution in [0.15, 0.2) is 33.7 Å². The number of rotatable bonds is 9. The first kappa shape index (κ1) is 24.5. The molecule has 4 rings (SSSR count). The summed E-state index contributed by atoms with van der Waals surface area (Å²) >= 11 is 0. The fourth-order valence-electron chi connectivity index (χ4n) is 3.88. The minimum atomic E-state index is -3.70. The highest BCUT2D eigenvalue weighted by Crippen LogP contribution is 2.29. The Morgan fingerprint density at radius 3 is 2.68 bits per heavy atom. The van der Waals surface area contributed by atoms with Gasteiger partial charge in [0.25, 0.3) is 0 Å². The van der Waals surface area contributed by atoms with Crippen molar-refractivity contribution in [3.8, 4) is 0 Å². The zero-order chi connectivity index (χ0) is 24.1. The number of carbonyl (C=O) groups excluding carboxylic acids is 1. The summed E-state index contributed by atoms with van der Waals surface area (Å²) in [4.78, 5) is 12.8.